The SMILES string of the molecule is Clc1ccccc1NCCn1cccn1. The van der Waals surface area contributed by atoms with Gasteiger partial charge in [0.1, 0.15) is 0 Å². The number of nitrogens with zero attached hydrogens (tertiary/aromatic N) is 2. The maximum absolute atomic E-state index is 6.00. The lowest BCUT2D eigenvalue weighted by Gasteiger charge is -2.07. The van der Waals surface area contributed by atoms with Gasteiger partial charge in [-0.3, -0.25) is 4.68 Å². The lowest BCUT2D eigenvalue weighted by Crippen LogP contribution is -2.10. The Morgan fingerprint density at radius 3 is 2.87 bits per heavy atom. The minimum atomic E-state index is 0.748. The molecule has 0 aliphatic carbocycles. The summed E-state index contributed by atoms with van der Waals surface area (Å²) in [5.41, 5.74) is 0.964. The Morgan fingerprint density at radius 1 is 1.27 bits per heavy atom. The summed E-state index contributed by atoms with van der Waals surface area (Å²) in [6.45, 7) is 1.64. The summed E-state index contributed by atoms with van der Waals surface area (Å²) in [5.74, 6) is 0. The number of para-hydroxylation sites is 1. The Morgan fingerprint density at radius 2 is 2.13 bits per heavy atom. The van der Waals surface area contributed by atoms with Crippen LogP contribution >= 0.6 is 11.6 Å². The first-order valence-electron chi connectivity index (χ1n) is 4.82. The van der Waals surface area contributed by atoms with Gasteiger partial charge in [0, 0.05) is 18.9 Å². The van der Waals surface area contributed by atoms with Gasteiger partial charge in [-0.25, -0.2) is 0 Å². The highest BCUT2D eigenvalue weighted by Crippen LogP contribution is 2.19. The van der Waals surface area contributed by atoms with E-state index in [-0.39, 0.29) is 0 Å². The summed E-state index contributed by atoms with van der Waals surface area (Å²) in [5, 5.41) is 8.12. The van der Waals surface area contributed by atoms with Crippen molar-refractivity contribution in [2.45, 2.75) is 6.54 Å². The van der Waals surface area contributed by atoms with Gasteiger partial charge in [-0.2, -0.15) is 5.10 Å². The number of halogens is 1. The van der Waals surface area contributed by atoms with Gasteiger partial charge in [-0.1, -0.05) is 23.7 Å². The molecule has 4 heteroatoms. The van der Waals surface area contributed by atoms with Gasteiger partial charge in [-0.15, -0.1) is 0 Å². The van der Waals surface area contributed by atoms with Crippen LogP contribution in [0.1, 0.15) is 0 Å². The lowest BCUT2D eigenvalue weighted by atomic mass is 10.3. The van der Waals surface area contributed by atoms with E-state index in [9.17, 15) is 0 Å². The molecule has 2 rings (SSSR count). The minimum absolute atomic E-state index is 0.748. The molecule has 0 saturated heterocycles. The van der Waals surface area contributed by atoms with Gasteiger partial charge >= 0.3 is 0 Å². The Labute approximate surface area is 93.7 Å². The third kappa shape index (κ3) is 2.73. The molecule has 0 spiro atoms. The second-order valence-corrected chi connectivity index (χ2v) is 3.58. The molecule has 0 bridgehead atoms. The third-order valence-corrected chi connectivity index (χ3v) is 2.42. The molecule has 0 amide bonds. The number of nitrogens with one attached hydrogen (secondary N) is 1. The minimum Gasteiger partial charge on any atom is -0.382 e. The highest BCUT2D eigenvalue weighted by Gasteiger charge is 1.96. The number of benzene rings is 1. The van der Waals surface area contributed by atoms with Crippen LogP contribution < -0.4 is 5.32 Å². The molecule has 1 aromatic carbocycles. The monoisotopic (exact) mass is 221 g/mol. The van der Waals surface area contributed by atoms with Gasteiger partial charge in [0.05, 0.1) is 17.3 Å². The highest BCUT2D eigenvalue weighted by molar-refractivity contribution is 6.33. The number of hydrogen-bond acceptors (Lipinski definition) is 2. The predicted molar refractivity (Wildman–Crippen MR) is 62.2 cm³/mol. The van der Waals surface area contributed by atoms with Crippen LogP contribution in [0.3, 0.4) is 0 Å². The summed E-state index contributed by atoms with van der Waals surface area (Å²) < 4.78 is 1.88. The van der Waals surface area contributed by atoms with Gasteiger partial charge in [0.2, 0.25) is 0 Å². The van der Waals surface area contributed by atoms with Crippen LogP contribution in [0.25, 0.3) is 0 Å². The summed E-state index contributed by atoms with van der Waals surface area (Å²) >= 11 is 6.00. The van der Waals surface area contributed by atoms with Crippen molar-refractivity contribution >= 4 is 17.3 Å². The predicted octanol–water partition coefficient (Wildman–Crippen LogP) is 2.65. The largest absolute Gasteiger partial charge is 0.382 e. The highest BCUT2D eigenvalue weighted by atomic mass is 35.5. The van der Waals surface area contributed by atoms with E-state index in [1.807, 2.05) is 41.2 Å². The first-order valence-corrected chi connectivity index (χ1v) is 5.20. The molecule has 0 atom stereocenters. The second-order valence-electron chi connectivity index (χ2n) is 3.18. The molecule has 78 valence electrons. The zero-order chi connectivity index (χ0) is 10.5. The fourth-order valence-electron chi connectivity index (χ4n) is 1.34. The van der Waals surface area contributed by atoms with E-state index in [1.165, 1.54) is 0 Å². The molecule has 0 aliphatic rings. The van der Waals surface area contributed by atoms with E-state index in [4.69, 9.17) is 11.6 Å². The number of hydrogen-bond donors (Lipinski definition) is 1. The van der Waals surface area contributed by atoms with Gasteiger partial charge in [0.25, 0.3) is 0 Å². The average Bonchev–Trinajstić information content (AvgIpc) is 2.74. The number of aromatic nitrogens is 2. The first kappa shape index (κ1) is 10.1. The van der Waals surface area contributed by atoms with E-state index >= 15 is 0 Å². The van der Waals surface area contributed by atoms with Crippen molar-refractivity contribution < 1.29 is 0 Å². The first-order chi connectivity index (χ1) is 7.36. The topological polar surface area (TPSA) is 29.9 Å². The van der Waals surface area contributed by atoms with Crippen molar-refractivity contribution in [3.8, 4) is 0 Å². The van der Waals surface area contributed by atoms with E-state index in [1.54, 1.807) is 6.20 Å². The molecule has 0 fully saturated rings. The molecule has 0 unspecified atom stereocenters. The Bertz CT molecular complexity index is 412. The number of anilines is 1. The fraction of sp³-hybridized carbons (Fsp3) is 0.182. The molecular weight excluding hydrogens is 210 g/mol. The van der Waals surface area contributed by atoms with Crippen LogP contribution in [0.4, 0.5) is 5.69 Å². The molecule has 15 heavy (non-hydrogen) atoms. The van der Waals surface area contributed by atoms with Crippen LogP contribution in [0.2, 0.25) is 5.02 Å². The van der Waals surface area contributed by atoms with Crippen LogP contribution in [0.15, 0.2) is 42.7 Å². The molecule has 0 saturated carbocycles. The van der Waals surface area contributed by atoms with E-state index in [0.29, 0.717) is 0 Å². The molecule has 0 aliphatic heterocycles. The normalized spacial score (nSPS) is 10.2. The van der Waals surface area contributed by atoms with Crippen molar-refractivity contribution in [2.75, 3.05) is 11.9 Å². The standard InChI is InChI=1S/C11H12ClN3/c12-10-4-1-2-5-11(10)13-7-9-15-8-3-6-14-15/h1-6,8,13H,7,9H2. The molecule has 1 N–H and O–H groups in total. The summed E-state index contributed by atoms with van der Waals surface area (Å²) in [6.07, 6.45) is 3.71. The van der Waals surface area contributed by atoms with Crippen molar-refractivity contribution in [3.63, 3.8) is 0 Å². The summed E-state index contributed by atoms with van der Waals surface area (Å²) in [7, 11) is 0. The van der Waals surface area contributed by atoms with Crippen molar-refractivity contribution in [1.82, 2.24) is 9.78 Å². The van der Waals surface area contributed by atoms with Gasteiger partial charge in [-0.05, 0) is 18.2 Å². The summed E-state index contributed by atoms with van der Waals surface area (Å²) in [6, 6.07) is 9.63. The van der Waals surface area contributed by atoms with Crippen molar-refractivity contribution in [1.29, 1.82) is 0 Å². The Balaban J connectivity index is 1.86. The lowest BCUT2D eigenvalue weighted by molar-refractivity contribution is 0.638. The molecule has 0 radical (unpaired) electrons. The molecule has 3 nitrogen and oxygen atoms in total. The fourth-order valence-corrected chi connectivity index (χ4v) is 1.54. The van der Waals surface area contributed by atoms with Crippen molar-refractivity contribution in [3.05, 3.63) is 47.7 Å². The van der Waals surface area contributed by atoms with E-state index < -0.39 is 0 Å². The Kier molecular flexibility index (Phi) is 3.25. The third-order valence-electron chi connectivity index (χ3n) is 2.09. The summed E-state index contributed by atoms with van der Waals surface area (Å²) in [4.78, 5) is 0. The zero-order valence-electron chi connectivity index (χ0n) is 8.23. The smallest absolute Gasteiger partial charge is 0.0637 e. The van der Waals surface area contributed by atoms with Crippen molar-refractivity contribution in [2.24, 2.45) is 0 Å². The van der Waals surface area contributed by atoms with E-state index in [0.717, 1.165) is 23.8 Å². The van der Waals surface area contributed by atoms with Crippen LogP contribution in [0, 0.1) is 0 Å². The van der Waals surface area contributed by atoms with Crippen LogP contribution in [-0.2, 0) is 6.54 Å². The van der Waals surface area contributed by atoms with Crippen LogP contribution in [-0.4, -0.2) is 16.3 Å². The molecule has 2 aromatic rings. The molecule has 1 aromatic heterocycles. The maximum atomic E-state index is 6.00. The average molecular weight is 222 g/mol. The van der Waals surface area contributed by atoms with E-state index in [2.05, 4.69) is 10.4 Å². The zero-order valence-corrected chi connectivity index (χ0v) is 8.98. The second kappa shape index (κ2) is 4.84. The maximum Gasteiger partial charge on any atom is 0.0637 e. The molecular formula is C11H12ClN3. The van der Waals surface area contributed by atoms with Crippen LogP contribution in [0.5, 0.6) is 0 Å². The quantitative estimate of drug-likeness (QED) is 0.860. The van der Waals surface area contributed by atoms with Gasteiger partial charge < -0.3 is 5.32 Å². The Hall–Kier alpha value is -1.48. The van der Waals surface area contributed by atoms with Gasteiger partial charge in [0.15, 0.2) is 0 Å². The number of rotatable bonds is 4. The molecule has 1 heterocycles.